The zero-order chi connectivity index (χ0) is 14.9. The van der Waals surface area contributed by atoms with Crippen LogP contribution < -0.4 is 4.74 Å². The lowest BCUT2D eigenvalue weighted by molar-refractivity contribution is 0.414. The van der Waals surface area contributed by atoms with E-state index in [4.69, 9.17) is 4.74 Å². The molecule has 0 unspecified atom stereocenters. The van der Waals surface area contributed by atoms with Crippen molar-refractivity contribution in [2.45, 2.75) is 45.4 Å². The van der Waals surface area contributed by atoms with Gasteiger partial charge in [-0.2, -0.15) is 0 Å². The minimum atomic E-state index is 0.877. The monoisotopic (exact) mass is 284 g/mol. The summed E-state index contributed by atoms with van der Waals surface area (Å²) < 4.78 is 5.16. The highest BCUT2D eigenvalue weighted by molar-refractivity contribution is 5.27. The highest BCUT2D eigenvalue weighted by Gasteiger charge is 2.00. The number of unbranched alkanes of at least 4 members (excludes halogenated alkanes) is 2. The number of benzene rings is 1. The summed E-state index contributed by atoms with van der Waals surface area (Å²) in [6, 6.07) is 8.18. The van der Waals surface area contributed by atoms with Crippen molar-refractivity contribution in [1.29, 1.82) is 0 Å². The summed E-state index contributed by atoms with van der Waals surface area (Å²) in [5.74, 6) is 1.82. The van der Waals surface area contributed by atoms with E-state index < -0.39 is 0 Å². The molecule has 3 nitrogen and oxygen atoms in total. The molecule has 0 N–H and O–H groups in total. The molecule has 0 radical (unpaired) electrons. The van der Waals surface area contributed by atoms with Gasteiger partial charge in [0.2, 0.25) is 0 Å². The molecule has 1 aromatic heterocycles. The fourth-order valence-corrected chi connectivity index (χ4v) is 2.27. The summed E-state index contributed by atoms with van der Waals surface area (Å²) in [6.07, 6.45) is 10.6. The smallest absolute Gasteiger partial charge is 0.128 e. The Morgan fingerprint density at radius 2 is 1.57 bits per heavy atom. The summed E-state index contributed by atoms with van der Waals surface area (Å²) in [6.45, 7) is 2.22. The van der Waals surface area contributed by atoms with Crippen LogP contribution in [0.4, 0.5) is 0 Å². The van der Waals surface area contributed by atoms with Crippen molar-refractivity contribution in [3.63, 3.8) is 0 Å². The maximum atomic E-state index is 5.16. The molecule has 0 aliphatic rings. The summed E-state index contributed by atoms with van der Waals surface area (Å²) >= 11 is 0. The van der Waals surface area contributed by atoms with Crippen LogP contribution in [0.3, 0.4) is 0 Å². The van der Waals surface area contributed by atoms with Crippen LogP contribution in [0, 0.1) is 0 Å². The van der Waals surface area contributed by atoms with Gasteiger partial charge in [-0.15, -0.1) is 0 Å². The molecule has 0 aliphatic carbocycles. The van der Waals surface area contributed by atoms with E-state index in [0.717, 1.165) is 30.8 Å². The maximum Gasteiger partial charge on any atom is 0.128 e. The summed E-state index contributed by atoms with van der Waals surface area (Å²) in [4.78, 5) is 8.94. The molecule has 0 saturated heterocycles. The van der Waals surface area contributed by atoms with Crippen molar-refractivity contribution in [3.8, 4) is 5.75 Å². The van der Waals surface area contributed by atoms with Crippen LogP contribution in [0.25, 0.3) is 0 Å². The average Bonchev–Trinajstić information content (AvgIpc) is 2.55. The van der Waals surface area contributed by atoms with Gasteiger partial charge in [0, 0.05) is 18.8 Å². The Balaban J connectivity index is 1.82. The number of methoxy groups -OCH3 is 1. The SMILES string of the molecule is CCCCCc1cnc(CCc2ccc(OC)cc2)nc1. The molecule has 2 aromatic rings. The highest BCUT2D eigenvalue weighted by Crippen LogP contribution is 2.13. The number of aromatic nitrogens is 2. The fourth-order valence-electron chi connectivity index (χ4n) is 2.27. The second-order valence-electron chi connectivity index (χ2n) is 5.31. The molecule has 1 aromatic carbocycles. The molecule has 0 saturated carbocycles. The lowest BCUT2D eigenvalue weighted by Gasteiger charge is -2.04. The van der Waals surface area contributed by atoms with E-state index in [1.54, 1.807) is 7.11 Å². The molecule has 2 rings (SSSR count). The standard InChI is InChI=1S/C18H24N2O/c1-3-4-5-6-16-13-19-18(20-14-16)12-9-15-7-10-17(21-2)11-8-15/h7-8,10-11,13-14H,3-6,9,12H2,1-2H3. The van der Waals surface area contributed by atoms with Crippen LogP contribution in [0.1, 0.15) is 43.1 Å². The molecule has 0 atom stereocenters. The van der Waals surface area contributed by atoms with Crippen molar-refractivity contribution in [3.05, 3.63) is 53.6 Å². The normalized spacial score (nSPS) is 10.6. The number of hydrogen-bond acceptors (Lipinski definition) is 3. The molecular formula is C18H24N2O. The van der Waals surface area contributed by atoms with Crippen LogP contribution in [-0.4, -0.2) is 17.1 Å². The Kier molecular flexibility index (Phi) is 6.20. The van der Waals surface area contributed by atoms with E-state index in [2.05, 4.69) is 29.0 Å². The van der Waals surface area contributed by atoms with Gasteiger partial charge < -0.3 is 4.74 Å². The van der Waals surface area contributed by atoms with E-state index in [0.29, 0.717) is 0 Å². The molecular weight excluding hydrogens is 260 g/mol. The van der Waals surface area contributed by atoms with Gasteiger partial charge in [0.15, 0.2) is 0 Å². The molecule has 0 fully saturated rings. The molecule has 0 amide bonds. The predicted molar refractivity (Wildman–Crippen MR) is 85.7 cm³/mol. The molecule has 0 bridgehead atoms. The first-order valence-corrected chi connectivity index (χ1v) is 7.74. The van der Waals surface area contributed by atoms with Gasteiger partial charge in [0.25, 0.3) is 0 Å². The number of hydrogen-bond donors (Lipinski definition) is 0. The first-order chi connectivity index (χ1) is 10.3. The molecule has 3 heteroatoms. The lowest BCUT2D eigenvalue weighted by Crippen LogP contribution is -1.99. The van der Waals surface area contributed by atoms with E-state index in [-0.39, 0.29) is 0 Å². The van der Waals surface area contributed by atoms with Crippen molar-refractivity contribution < 1.29 is 4.74 Å². The Labute approximate surface area is 127 Å². The summed E-state index contributed by atoms with van der Waals surface area (Å²) in [7, 11) is 1.69. The van der Waals surface area contributed by atoms with Gasteiger partial charge >= 0.3 is 0 Å². The quantitative estimate of drug-likeness (QED) is 0.687. The van der Waals surface area contributed by atoms with Gasteiger partial charge in [-0.3, -0.25) is 0 Å². The Hall–Kier alpha value is -1.90. The van der Waals surface area contributed by atoms with Gasteiger partial charge in [-0.1, -0.05) is 31.9 Å². The zero-order valence-electron chi connectivity index (χ0n) is 13.0. The molecule has 0 aliphatic heterocycles. The van der Waals surface area contributed by atoms with Crippen molar-refractivity contribution in [2.75, 3.05) is 7.11 Å². The summed E-state index contributed by atoms with van der Waals surface area (Å²) in [5, 5.41) is 0. The Morgan fingerprint density at radius 1 is 0.857 bits per heavy atom. The third-order valence-electron chi connectivity index (χ3n) is 3.62. The van der Waals surface area contributed by atoms with Crippen LogP contribution in [-0.2, 0) is 19.3 Å². The van der Waals surface area contributed by atoms with Crippen molar-refractivity contribution in [2.24, 2.45) is 0 Å². The van der Waals surface area contributed by atoms with Crippen molar-refractivity contribution in [1.82, 2.24) is 9.97 Å². The van der Waals surface area contributed by atoms with Crippen LogP contribution in [0.5, 0.6) is 5.75 Å². The second kappa shape index (κ2) is 8.40. The van der Waals surface area contributed by atoms with Crippen LogP contribution in [0.2, 0.25) is 0 Å². The molecule has 1 heterocycles. The number of ether oxygens (including phenoxy) is 1. The van der Waals surface area contributed by atoms with Crippen LogP contribution >= 0.6 is 0 Å². The second-order valence-corrected chi connectivity index (χ2v) is 5.31. The zero-order valence-corrected chi connectivity index (χ0v) is 13.0. The largest absolute Gasteiger partial charge is 0.497 e. The number of aryl methyl sites for hydroxylation is 3. The molecule has 112 valence electrons. The summed E-state index contributed by atoms with van der Waals surface area (Å²) in [5.41, 5.74) is 2.53. The minimum absolute atomic E-state index is 0.877. The van der Waals surface area contributed by atoms with Gasteiger partial charge in [-0.25, -0.2) is 9.97 Å². The fraction of sp³-hybridized carbons (Fsp3) is 0.444. The predicted octanol–water partition coefficient (Wildman–Crippen LogP) is 4.00. The van der Waals surface area contributed by atoms with Gasteiger partial charge in [0.1, 0.15) is 11.6 Å². The molecule has 0 spiro atoms. The Bertz CT molecular complexity index is 520. The average molecular weight is 284 g/mol. The van der Waals surface area contributed by atoms with E-state index in [9.17, 15) is 0 Å². The minimum Gasteiger partial charge on any atom is -0.497 e. The highest BCUT2D eigenvalue weighted by atomic mass is 16.5. The van der Waals surface area contributed by atoms with Crippen molar-refractivity contribution >= 4 is 0 Å². The van der Waals surface area contributed by atoms with E-state index in [1.807, 2.05) is 24.5 Å². The topological polar surface area (TPSA) is 35.0 Å². The van der Waals surface area contributed by atoms with Crippen LogP contribution in [0.15, 0.2) is 36.7 Å². The number of rotatable bonds is 8. The number of nitrogens with zero attached hydrogens (tertiary/aromatic N) is 2. The third kappa shape index (κ3) is 5.18. The third-order valence-corrected chi connectivity index (χ3v) is 3.62. The van der Waals surface area contributed by atoms with Gasteiger partial charge in [0.05, 0.1) is 7.11 Å². The van der Waals surface area contributed by atoms with Gasteiger partial charge in [-0.05, 0) is 42.5 Å². The van der Waals surface area contributed by atoms with E-state index >= 15 is 0 Å². The van der Waals surface area contributed by atoms with E-state index in [1.165, 1.54) is 30.4 Å². The first kappa shape index (κ1) is 15.5. The first-order valence-electron chi connectivity index (χ1n) is 7.74. The Morgan fingerprint density at radius 3 is 2.19 bits per heavy atom. The lowest BCUT2D eigenvalue weighted by atomic mass is 10.1. The maximum absolute atomic E-state index is 5.16. The molecule has 21 heavy (non-hydrogen) atoms.